The minimum Gasteiger partial charge on any atom is -0.481 e. The van der Waals surface area contributed by atoms with E-state index in [0.29, 0.717) is 6.42 Å². The van der Waals surface area contributed by atoms with Gasteiger partial charge in [0.15, 0.2) is 5.82 Å². The number of hydrogen-bond donors (Lipinski definition) is 1. The van der Waals surface area contributed by atoms with Crippen molar-refractivity contribution in [2.24, 2.45) is 5.92 Å². The molecule has 7 heteroatoms. The van der Waals surface area contributed by atoms with Gasteiger partial charge in [-0.05, 0) is 26.2 Å². The van der Waals surface area contributed by atoms with Gasteiger partial charge in [-0.15, -0.1) is 10.2 Å². The number of hydrogen-bond acceptors (Lipinski definition) is 5. The van der Waals surface area contributed by atoms with Crippen LogP contribution < -0.4 is 0 Å². The van der Waals surface area contributed by atoms with Crippen LogP contribution in [0.2, 0.25) is 0 Å². The van der Waals surface area contributed by atoms with Crippen molar-refractivity contribution in [1.29, 1.82) is 0 Å². The molecule has 17 heavy (non-hydrogen) atoms. The summed E-state index contributed by atoms with van der Waals surface area (Å²) >= 11 is 1.51. The van der Waals surface area contributed by atoms with Gasteiger partial charge >= 0.3 is 5.97 Å². The summed E-state index contributed by atoms with van der Waals surface area (Å²) in [5, 5.41) is 22.4. The van der Waals surface area contributed by atoms with Gasteiger partial charge in [0.2, 0.25) is 4.96 Å². The zero-order valence-electron chi connectivity index (χ0n) is 9.33. The number of aromatic nitrogens is 4. The lowest BCUT2D eigenvalue weighted by Crippen LogP contribution is -2.09. The maximum atomic E-state index is 10.9. The van der Waals surface area contributed by atoms with Crippen LogP contribution in [0.3, 0.4) is 0 Å². The zero-order chi connectivity index (χ0) is 12.0. The molecule has 0 amide bonds. The third-order valence-corrected chi connectivity index (χ3v) is 4.35. The van der Waals surface area contributed by atoms with Gasteiger partial charge in [0.05, 0.1) is 5.92 Å². The van der Waals surface area contributed by atoms with Gasteiger partial charge in [-0.3, -0.25) is 4.79 Å². The molecule has 2 atom stereocenters. The molecule has 2 unspecified atom stereocenters. The highest BCUT2D eigenvalue weighted by atomic mass is 32.1. The maximum absolute atomic E-state index is 10.9. The second kappa shape index (κ2) is 3.76. The summed E-state index contributed by atoms with van der Waals surface area (Å²) in [5.41, 5.74) is 0. The Morgan fingerprint density at radius 1 is 1.47 bits per heavy atom. The van der Waals surface area contributed by atoms with E-state index < -0.39 is 5.97 Å². The summed E-state index contributed by atoms with van der Waals surface area (Å²) in [7, 11) is 0. The summed E-state index contributed by atoms with van der Waals surface area (Å²) < 4.78 is 1.73. The first-order chi connectivity index (χ1) is 8.15. The zero-order valence-corrected chi connectivity index (χ0v) is 10.1. The minimum absolute atomic E-state index is 0.213. The molecule has 2 heterocycles. The fraction of sp³-hybridized carbons (Fsp3) is 0.600. The smallest absolute Gasteiger partial charge is 0.306 e. The fourth-order valence-electron chi connectivity index (χ4n) is 2.32. The second-order valence-corrected chi connectivity index (χ2v) is 5.41. The molecular weight excluding hydrogens is 240 g/mol. The number of aliphatic carboxylic acids is 1. The van der Waals surface area contributed by atoms with Gasteiger partial charge in [-0.2, -0.15) is 9.61 Å². The highest BCUT2D eigenvalue weighted by molar-refractivity contribution is 7.16. The topological polar surface area (TPSA) is 80.4 Å². The van der Waals surface area contributed by atoms with E-state index in [0.717, 1.165) is 28.6 Å². The molecule has 0 aromatic carbocycles. The number of fused-ring (bicyclic) bond motifs is 1. The van der Waals surface area contributed by atoms with Crippen LogP contribution in [-0.2, 0) is 4.79 Å². The van der Waals surface area contributed by atoms with Gasteiger partial charge < -0.3 is 5.11 Å². The number of carboxylic acid groups (broad SMARTS) is 1. The summed E-state index contributed by atoms with van der Waals surface area (Å²) in [4.78, 5) is 11.7. The Balaban J connectivity index is 1.87. The third-order valence-electron chi connectivity index (χ3n) is 3.29. The van der Waals surface area contributed by atoms with Crippen molar-refractivity contribution in [3.05, 3.63) is 10.8 Å². The number of carbonyl (C=O) groups is 1. The van der Waals surface area contributed by atoms with Crippen LogP contribution in [0.25, 0.3) is 4.96 Å². The largest absolute Gasteiger partial charge is 0.481 e. The number of carboxylic acids is 1. The van der Waals surface area contributed by atoms with E-state index in [-0.39, 0.29) is 11.8 Å². The average Bonchev–Trinajstić information content (AvgIpc) is 2.95. The Bertz CT molecular complexity index is 576. The first-order valence-corrected chi connectivity index (χ1v) is 6.38. The van der Waals surface area contributed by atoms with Crippen molar-refractivity contribution in [2.45, 2.75) is 32.1 Å². The van der Waals surface area contributed by atoms with E-state index in [2.05, 4.69) is 15.3 Å². The van der Waals surface area contributed by atoms with Crippen molar-refractivity contribution < 1.29 is 9.90 Å². The van der Waals surface area contributed by atoms with Gasteiger partial charge in [0.1, 0.15) is 5.01 Å². The van der Waals surface area contributed by atoms with Crippen molar-refractivity contribution in [3.8, 4) is 0 Å². The Labute approximate surface area is 101 Å². The van der Waals surface area contributed by atoms with Crippen molar-refractivity contribution in [1.82, 2.24) is 19.8 Å². The predicted octanol–water partition coefficient (Wildman–Crippen LogP) is 1.46. The van der Waals surface area contributed by atoms with Crippen LogP contribution in [0.5, 0.6) is 0 Å². The maximum Gasteiger partial charge on any atom is 0.306 e. The molecule has 2 aromatic rings. The van der Waals surface area contributed by atoms with Crippen LogP contribution in [0.4, 0.5) is 0 Å². The Morgan fingerprint density at radius 2 is 2.29 bits per heavy atom. The molecule has 1 N–H and O–H groups in total. The Morgan fingerprint density at radius 3 is 2.94 bits per heavy atom. The van der Waals surface area contributed by atoms with E-state index in [4.69, 9.17) is 5.11 Å². The van der Waals surface area contributed by atoms with E-state index in [9.17, 15) is 4.79 Å². The summed E-state index contributed by atoms with van der Waals surface area (Å²) in [6.07, 6.45) is 2.34. The van der Waals surface area contributed by atoms with E-state index in [1.165, 1.54) is 11.3 Å². The molecule has 90 valence electrons. The Kier molecular flexibility index (Phi) is 2.36. The lowest BCUT2D eigenvalue weighted by atomic mass is 10.1. The second-order valence-electron chi connectivity index (χ2n) is 4.43. The van der Waals surface area contributed by atoms with Gasteiger partial charge in [-0.1, -0.05) is 11.3 Å². The number of nitrogens with zero attached hydrogens (tertiary/aromatic N) is 4. The van der Waals surface area contributed by atoms with E-state index in [1.807, 2.05) is 6.92 Å². The molecule has 0 radical (unpaired) electrons. The molecule has 1 saturated carbocycles. The van der Waals surface area contributed by atoms with Crippen LogP contribution in [0.15, 0.2) is 0 Å². The monoisotopic (exact) mass is 252 g/mol. The molecular formula is C10H12N4O2S. The van der Waals surface area contributed by atoms with Crippen LogP contribution in [-0.4, -0.2) is 30.9 Å². The minimum atomic E-state index is -0.688. The van der Waals surface area contributed by atoms with Crippen molar-refractivity contribution in [3.63, 3.8) is 0 Å². The highest BCUT2D eigenvalue weighted by Crippen LogP contribution is 2.39. The molecule has 0 aliphatic heterocycles. The van der Waals surface area contributed by atoms with Crippen molar-refractivity contribution in [2.75, 3.05) is 0 Å². The fourth-order valence-corrected chi connectivity index (χ4v) is 3.36. The molecule has 0 saturated heterocycles. The number of rotatable bonds is 2. The predicted molar refractivity (Wildman–Crippen MR) is 61.1 cm³/mol. The van der Waals surface area contributed by atoms with Crippen molar-refractivity contribution >= 4 is 22.3 Å². The van der Waals surface area contributed by atoms with Crippen LogP contribution in [0, 0.1) is 12.8 Å². The highest BCUT2D eigenvalue weighted by Gasteiger charge is 2.32. The normalized spacial score (nSPS) is 24.5. The Hall–Kier alpha value is -1.50. The molecule has 1 aliphatic carbocycles. The summed E-state index contributed by atoms with van der Waals surface area (Å²) in [6, 6.07) is 0. The quantitative estimate of drug-likeness (QED) is 0.875. The average molecular weight is 252 g/mol. The molecule has 3 rings (SSSR count). The first kappa shape index (κ1) is 10.6. The van der Waals surface area contributed by atoms with Gasteiger partial charge in [0.25, 0.3) is 0 Å². The molecule has 1 fully saturated rings. The molecule has 1 aliphatic rings. The number of aryl methyl sites for hydroxylation is 1. The molecule has 0 bridgehead atoms. The lowest BCUT2D eigenvalue weighted by molar-refractivity contribution is -0.141. The lowest BCUT2D eigenvalue weighted by Gasteiger charge is -2.03. The van der Waals surface area contributed by atoms with Crippen LogP contribution in [0.1, 0.15) is 36.0 Å². The summed E-state index contributed by atoms with van der Waals surface area (Å²) in [5.74, 6) is 0.139. The first-order valence-electron chi connectivity index (χ1n) is 5.56. The van der Waals surface area contributed by atoms with Gasteiger partial charge in [-0.25, -0.2) is 0 Å². The molecule has 6 nitrogen and oxygen atoms in total. The summed E-state index contributed by atoms with van der Waals surface area (Å²) in [6.45, 7) is 1.86. The van der Waals surface area contributed by atoms with E-state index in [1.54, 1.807) is 4.52 Å². The van der Waals surface area contributed by atoms with Crippen LogP contribution >= 0.6 is 11.3 Å². The third kappa shape index (κ3) is 1.70. The van der Waals surface area contributed by atoms with Gasteiger partial charge in [0, 0.05) is 5.92 Å². The molecule has 0 spiro atoms. The van der Waals surface area contributed by atoms with E-state index >= 15 is 0 Å². The molecule has 2 aromatic heterocycles. The SMILES string of the molecule is Cc1nnc2sc(C3CCC(C(=O)O)C3)nn12. The standard InChI is InChI=1S/C10H12N4O2S/c1-5-11-12-10-14(5)13-8(17-10)6-2-3-7(4-6)9(15)16/h6-7H,2-4H2,1H3,(H,15,16).